The lowest BCUT2D eigenvalue weighted by molar-refractivity contribution is 0.102. The van der Waals surface area contributed by atoms with E-state index < -0.39 is 0 Å². The molecule has 0 fully saturated rings. The van der Waals surface area contributed by atoms with E-state index in [2.05, 4.69) is 31.3 Å². The number of rotatable bonds is 4. The second kappa shape index (κ2) is 6.44. The molecule has 0 aliphatic carbocycles. The van der Waals surface area contributed by atoms with Gasteiger partial charge in [-0.15, -0.1) is 0 Å². The highest BCUT2D eigenvalue weighted by Crippen LogP contribution is 2.21. The summed E-state index contributed by atoms with van der Waals surface area (Å²) in [7, 11) is 0. The normalized spacial score (nSPS) is 12.0. The lowest BCUT2D eigenvalue weighted by atomic mass is 9.98. The summed E-state index contributed by atoms with van der Waals surface area (Å²) < 4.78 is 0. The second-order valence-electron chi connectivity index (χ2n) is 5.46. The number of amides is 1. The lowest BCUT2D eigenvalue weighted by Crippen LogP contribution is -2.12. The minimum Gasteiger partial charge on any atom is -0.399 e. The smallest absolute Gasteiger partial charge is 0.255 e. The molecule has 1 unspecified atom stereocenters. The Bertz CT molecular complexity index is 632. The van der Waals surface area contributed by atoms with Gasteiger partial charge in [-0.1, -0.05) is 26.0 Å². The van der Waals surface area contributed by atoms with E-state index in [0.29, 0.717) is 17.2 Å². The molecule has 0 aliphatic heterocycles. The summed E-state index contributed by atoms with van der Waals surface area (Å²) in [5.74, 6) is 0.420. The molecule has 0 aliphatic rings. The molecule has 0 saturated heterocycles. The van der Waals surface area contributed by atoms with E-state index in [9.17, 15) is 4.79 Å². The van der Waals surface area contributed by atoms with E-state index in [0.717, 1.165) is 17.7 Å². The first-order chi connectivity index (χ1) is 10.0. The fraction of sp³-hybridized carbons (Fsp3) is 0.278. The quantitative estimate of drug-likeness (QED) is 0.819. The monoisotopic (exact) mass is 282 g/mol. The third-order valence-electron chi connectivity index (χ3n) is 3.88. The van der Waals surface area contributed by atoms with Crippen molar-refractivity contribution >= 4 is 17.3 Å². The lowest BCUT2D eigenvalue weighted by Gasteiger charge is -2.11. The Kier molecular flexibility index (Phi) is 4.63. The van der Waals surface area contributed by atoms with Gasteiger partial charge in [-0.05, 0) is 60.7 Å². The number of carbonyl (C=O) groups is 1. The van der Waals surface area contributed by atoms with E-state index in [-0.39, 0.29) is 5.91 Å². The van der Waals surface area contributed by atoms with Crippen molar-refractivity contribution in [2.24, 2.45) is 0 Å². The summed E-state index contributed by atoms with van der Waals surface area (Å²) in [6.07, 6.45) is 1.11. The topological polar surface area (TPSA) is 55.1 Å². The van der Waals surface area contributed by atoms with Gasteiger partial charge in [0.15, 0.2) is 0 Å². The van der Waals surface area contributed by atoms with Crippen LogP contribution in [0, 0.1) is 6.92 Å². The molecule has 1 atom stereocenters. The third kappa shape index (κ3) is 3.63. The molecule has 3 heteroatoms. The number of anilines is 2. The summed E-state index contributed by atoms with van der Waals surface area (Å²) in [6, 6.07) is 13.3. The zero-order chi connectivity index (χ0) is 15.4. The maximum Gasteiger partial charge on any atom is 0.255 e. The van der Waals surface area contributed by atoms with Crippen molar-refractivity contribution in [1.29, 1.82) is 0 Å². The Labute approximate surface area is 126 Å². The van der Waals surface area contributed by atoms with Crippen LogP contribution >= 0.6 is 0 Å². The summed E-state index contributed by atoms with van der Waals surface area (Å²) in [5, 5.41) is 2.91. The van der Waals surface area contributed by atoms with Crippen molar-refractivity contribution in [2.75, 3.05) is 11.1 Å². The molecule has 0 saturated carbocycles. The molecular formula is C18H22N2O. The average molecular weight is 282 g/mol. The molecule has 2 aromatic rings. The number of nitrogens with one attached hydrogen (secondary N) is 1. The van der Waals surface area contributed by atoms with Gasteiger partial charge in [0.05, 0.1) is 0 Å². The minimum absolute atomic E-state index is 0.116. The molecular weight excluding hydrogens is 260 g/mol. The highest BCUT2D eigenvalue weighted by Gasteiger charge is 2.08. The molecule has 2 aromatic carbocycles. The van der Waals surface area contributed by atoms with Crippen molar-refractivity contribution in [3.05, 3.63) is 59.2 Å². The first-order valence-corrected chi connectivity index (χ1v) is 7.28. The van der Waals surface area contributed by atoms with Crippen LogP contribution in [0.2, 0.25) is 0 Å². The molecule has 110 valence electrons. The fourth-order valence-electron chi connectivity index (χ4n) is 2.15. The Hall–Kier alpha value is -2.29. The highest BCUT2D eigenvalue weighted by atomic mass is 16.1. The molecule has 0 aromatic heterocycles. The van der Waals surface area contributed by atoms with Crippen LogP contribution in [0.5, 0.6) is 0 Å². The number of nitrogen functional groups attached to an aromatic ring is 1. The van der Waals surface area contributed by atoms with E-state index in [1.165, 1.54) is 5.56 Å². The van der Waals surface area contributed by atoms with Gasteiger partial charge in [0, 0.05) is 16.9 Å². The number of aryl methyl sites for hydroxylation is 1. The Morgan fingerprint density at radius 1 is 1.19 bits per heavy atom. The van der Waals surface area contributed by atoms with Crippen LogP contribution in [0.15, 0.2) is 42.5 Å². The van der Waals surface area contributed by atoms with Crippen molar-refractivity contribution in [3.63, 3.8) is 0 Å². The van der Waals surface area contributed by atoms with Crippen LogP contribution in [0.3, 0.4) is 0 Å². The molecule has 21 heavy (non-hydrogen) atoms. The largest absolute Gasteiger partial charge is 0.399 e. The van der Waals surface area contributed by atoms with Crippen LogP contribution in [0.4, 0.5) is 11.4 Å². The Morgan fingerprint density at radius 3 is 2.43 bits per heavy atom. The van der Waals surface area contributed by atoms with Gasteiger partial charge in [-0.2, -0.15) is 0 Å². The molecule has 0 spiro atoms. The molecule has 0 radical (unpaired) electrons. The first-order valence-electron chi connectivity index (χ1n) is 7.28. The Balaban J connectivity index is 2.10. The van der Waals surface area contributed by atoms with E-state index in [1.807, 2.05) is 19.1 Å². The van der Waals surface area contributed by atoms with Crippen LogP contribution in [0.1, 0.15) is 47.7 Å². The summed E-state index contributed by atoms with van der Waals surface area (Å²) in [6.45, 7) is 6.27. The van der Waals surface area contributed by atoms with Crippen molar-refractivity contribution < 1.29 is 4.79 Å². The van der Waals surface area contributed by atoms with Gasteiger partial charge in [-0.25, -0.2) is 0 Å². The number of carbonyl (C=O) groups excluding carboxylic acids is 1. The maximum absolute atomic E-state index is 12.2. The van der Waals surface area contributed by atoms with Crippen LogP contribution < -0.4 is 11.1 Å². The zero-order valence-corrected chi connectivity index (χ0v) is 12.8. The highest BCUT2D eigenvalue weighted by molar-refractivity contribution is 6.04. The van der Waals surface area contributed by atoms with Gasteiger partial charge in [-0.3, -0.25) is 4.79 Å². The van der Waals surface area contributed by atoms with E-state index >= 15 is 0 Å². The molecule has 0 bridgehead atoms. The number of benzene rings is 2. The second-order valence-corrected chi connectivity index (χ2v) is 5.46. The third-order valence-corrected chi connectivity index (χ3v) is 3.88. The molecule has 1 amide bonds. The standard InChI is InChI=1S/C18H22N2O/c1-4-12(2)14-5-8-16(9-6-14)20-18(21)15-7-10-17(19)13(3)11-15/h5-12H,4,19H2,1-3H3,(H,20,21). The zero-order valence-electron chi connectivity index (χ0n) is 12.8. The number of hydrogen-bond donors (Lipinski definition) is 2. The predicted octanol–water partition coefficient (Wildman–Crippen LogP) is 4.34. The van der Waals surface area contributed by atoms with Crippen LogP contribution in [-0.4, -0.2) is 5.91 Å². The van der Waals surface area contributed by atoms with E-state index in [4.69, 9.17) is 5.73 Å². The maximum atomic E-state index is 12.2. The van der Waals surface area contributed by atoms with Gasteiger partial charge in [0.2, 0.25) is 0 Å². The SMILES string of the molecule is CCC(C)c1ccc(NC(=O)c2ccc(N)c(C)c2)cc1. The molecule has 3 nitrogen and oxygen atoms in total. The van der Waals surface area contributed by atoms with Crippen molar-refractivity contribution in [1.82, 2.24) is 0 Å². The summed E-state index contributed by atoms with van der Waals surface area (Å²) in [5.41, 5.74) is 10.1. The summed E-state index contributed by atoms with van der Waals surface area (Å²) in [4.78, 5) is 12.2. The summed E-state index contributed by atoms with van der Waals surface area (Å²) >= 11 is 0. The molecule has 2 rings (SSSR count). The van der Waals surface area contributed by atoms with Crippen molar-refractivity contribution in [2.45, 2.75) is 33.1 Å². The minimum atomic E-state index is -0.116. The van der Waals surface area contributed by atoms with Crippen molar-refractivity contribution in [3.8, 4) is 0 Å². The van der Waals surface area contributed by atoms with Gasteiger partial charge in [0.1, 0.15) is 0 Å². The molecule has 3 N–H and O–H groups in total. The first kappa shape index (κ1) is 15.1. The van der Waals surface area contributed by atoms with E-state index in [1.54, 1.807) is 18.2 Å². The Morgan fingerprint density at radius 2 is 1.86 bits per heavy atom. The number of nitrogens with two attached hydrogens (primary N) is 1. The van der Waals surface area contributed by atoms with Gasteiger partial charge < -0.3 is 11.1 Å². The van der Waals surface area contributed by atoms with Gasteiger partial charge in [0.25, 0.3) is 5.91 Å². The van der Waals surface area contributed by atoms with Gasteiger partial charge >= 0.3 is 0 Å². The number of hydrogen-bond acceptors (Lipinski definition) is 2. The van der Waals surface area contributed by atoms with Crippen LogP contribution in [0.25, 0.3) is 0 Å². The fourth-order valence-corrected chi connectivity index (χ4v) is 2.15. The molecule has 0 heterocycles. The van der Waals surface area contributed by atoms with Crippen LogP contribution in [-0.2, 0) is 0 Å². The average Bonchev–Trinajstić information content (AvgIpc) is 2.50. The predicted molar refractivity (Wildman–Crippen MR) is 88.7 cm³/mol.